The van der Waals surface area contributed by atoms with Crippen molar-refractivity contribution in [1.29, 1.82) is 0 Å². The lowest BCUT2D eigenvalue weighted by atomic mass is 9.84. The number of nitrogens with zero attached hydrogens (tertiary/aromatic N) is 1. The predicted molar refractivity (Wildman–Crippen MR) is 79.1 cm³/mol. The Kier molecular flexibility index (Phi) is 3.22. The third-order valence-electron chi connectivity index (χ3n) is 3.65. The molecule has 0 aliphatic carbocycles. The van der Waals surface area contributed by atoms with Crippen molar-refractivity contribution < 1.29 is 13.9 Å². The van der Waals surface area contributed by atoms with E-state index in [1.54, 1.807) is 31.4 Å². The van der Waals surface area contributed by atoms with Gasteiger partial charge in [0.25, 0.3) is 0 Å². The summed E-state index contributed by atoms with van der Waals surface area (Å²) in [5, 5.41) is 0. The van der Waals surface area contributed by atoms with Crippen LogP contribution in [0.3, 0.4) is 0 Å². The lowest BCUT2D eigenvalue weighted by molar-refractivity contribution is -0.139. The maximum absolute atomic E-state index is 12.3. The van der Waals surface area contributed by atoms with Crippen molar-refractivity contribution in [2.45, 2.75) is 18.4 Å². The van der Waals surface area contributed by atoms with Crippen LogP contribution in [0.5, 0.6) is 0 Å². The van der Waals surface area contributed by atoms with E-state index in [1.807, 2.05) is 30.3 Å². The molecule has 2 atom stereocenters. The zero-order valence-electron chi connectivity index (χ0n) is 11.7. The Morgan fingerprint density at radius 2 is 2.00 bits per heavy atom. The first-order valence-electron chi connectivity index (χ1n) is 6.68. The van der Waals surface area contributed by atoms with Crippen LogP contribution in [-0.4, -0.2) is 17.4 Å². The summed E-state index contributed by atoms with van der Waals surface area (Å²) in [5.41, 5.74) is -0.290. The first kappa shape index (κ1) is 13.4. The zero-order chi connectivity index (χ0) is 14.9. The molecule has 3 rings (SSSR count). The Morgan fingerprint density at radius 1 is 1.24 bits per heavy atom. The topological polar surface area (TPSA) is 51.8 Å². The summed E-state index contributed by atoms with van der Waals surface area (Å²) in [6.07, 6.45) is 3.23. The lowest BCUT2D eigenvalue weighted by Crippen LogP contribution is -2.36. The highest BCUT2D eigenvalue weighted by Gasteiger charge is 2.48. The van der Waals surface area contributed by atoms with Gasteiger partial charge in [0.2, 0.25) is 5.90 Å². The van der Waals surface area contributed by atoms with Crippen molar-refractivity contribution in [1.82, 2.24) is 0 Å². The van der Waals surface area contributed by atoms with Gasteiger partial charge in [0.15, 0.2) is 5.54 Å². The minimum atomic E-state index is -1.06. The van der Waals surface area contributed by atoms with Crippen LogP contribution < -0.4 is 0 Å². The molecule has 2 heterocycles. The first-order valence-corrected chi connectivity index (χ1v) is 6.68. The largest absolute Gasteiger partial charge is 0.469 e. The van der Waals surface area contributed by atoms with Crippen LogP contribution in [0.15, 0.2) is 70.8 Å². The summed E-state index contributed by atoms with van der Waals surface area (Å²) in [5.74, 6) is 0.202. The van der Waals surface area contributed by atoms with Gasteiger partial charge in [-0.15, -0.1) is 6.58 Å². The van der Waals surface area contributed by atoms with E-state index in [-0.39, 0.29) is 5.92 Å². The summed E-state index contributed by atoms with van der Waals surface area (Å²) in [6, 6.07) is 12.9. The van der Waals surface area contributed by atoms with Gasteiger partial charge in [0.1, 0.15) is 5.76 Å². The predicted octanol–water partition coefficient (Wildman–Crippen LogP) is 3.31. The molecule has 0 bridgehead atoms. The van der Waals surface area contributed by atoms with Crippen LogP contribution in [0.4, 0.5) is 0 Å². The summed E-state index contributed by atoms with van der Waals surface area (Å²) in [6.45, 7) is 5.54. The fourth-order valence-corrected chi connectivity index (χ4v) is 2.46. The number of furan rings is 1. The van der Waals surface area contributed by atoms with Crippen molar-refractivity contribution in [2.24, 2.45) is 4.99 Å². The minimum absolute atomic E-state index is 0.335. The second-order valence-electron chi connectivity index (χ2n) is 5.05. The highest BCUT2D eigenvalue weighted by Crippen LogP contribution is 2.38. The standard InChI is InChI=1S/C17H15NO3/c1-3-13(14-10-7-11-20-14)17(2)16(19)21-15(18-17)12-8-5-4-6-9-12/h3-11,13H,1H2,2H3/t13-,17+/m0/s1. The summed E-state index contributed by atoms with van der Waals surface area (Å²) >= 11 is 0. The number of rotatable bonds is 4. The van der Waals surface area contributed by atoms with E-state index in [0.29, 0.717) is 11.7 Å². The molecule has 1 aromatic heterocycles. The number of carbonyl (C=O) groups excluding carboxylic acids is 1. The van der Waals surface area contributed by atoms with Crippen LogP contribution >= 0.6 is 0 Å². The van der Waals surface area contributed by atoms with E-state index in [4.69, 9.17) is 9.15 Å². The number of hydrogen-bond acceptors (Lipinski definition) is 4. The third-order valence-corrected chi connectivity index (χ3v) is 3.65. The van der Waals surface area contributed by atoms with Crippen LogP contribution in [0.25, 0.3) is 0 Å². The van der Waals surface area contributed by atoms with Crippen LogP contribution in [0.1, 0.15) is 24.2 Å². The van der Waals surface area contributed by atoms with E-state index in [0.717, 1.165) is 5.56 Å². The lowest BCUT2D eigenvalue weighted by Gasteiger charge is -2.23. The Labute approximate surface area is 122 Å². The number of aliphatic imine (C=N–C) groups is 1. The summed E-state index contributed by atoms with van der Waals surface area (Å²) in [4.78, 5) is 16.9. The third kappa shape index (κ3) is 2.18. The molecule has 0 radical (unpaired) electrons. The van der Waals surface area contributed by atoms with Gasteiger partial charge in [-0.3, -0.25) is 0 Å². The molecule has 2 aromatic rings. The van der Waals surface area contributed by atoms with Crippen molar-refractivity contribution in [3.63, 3.8) is 0 Å². The molecule has 0 fully saturated rings. The molecule has 0 N–H and O–H groups in total. The molecule has 0 saturated heterocycles. The van der Waals surface area contributed by atoms with Crippen LogP contribution in [0.2, 0.25) is 0 Å². The summed E-state index contributed by atoms with van der Waals surface area (Å²) < 4.78 is 10.8. The van der Waals surface area contributed by atoms with Crippen LogP contribution in [0, 0.1) is 0 Å². The van der Waals surface area contributed by atoms with Gasteiger partial charge in [0.05, 0.1) is 12.2 Å². The van der Waals surface area contributed by atoms with Gasteiger partial charge in [0, 0.05) is 5.56 Å². The molecular weight excluding hydrogens is 266 g/mol. The molecule has 0 amide bonds. The first-order chi connectivity index (χ1) is 10.1. The monoisotopic (exact) mass is 281 g/mol. The molecular formula is C17H15NO3. The van der Waals surface area contributed by atoms with E-state index in [2.05, 4.69) is 11.6 Å². The number of hydrogen-bond donors (Lipinski definition) is 0. The van der Waals surface area contributed by atoms with Gasteiger partial charge in [-0.25, -0.2) is 9.79 Å². The molecule has 1 aliphatic rings. The van der Waals surface area contributed by atoms with Gasteiger partial charge in [-0.1, -0.05) is 24.3 Å². The molecule has 0 unspecified atom stereocenters. The fourth-order valence-electron chi connectivity index (χ4n) is 2.46. The van der Waals surface area contributed by atoms with E-state index in [1.165, 1.54) is 0 Å². The maximum atomic E-state index is 12.3. The highest BCUT2D eigenvalue weighted by molar-refractivity contribution is 6.08. The molecule has 0 spiro atoms. The second-order valence-corrected chi connectivity index (χ2v) is 5.05. The molecule has 4 heteroatoms. The minimum Gasteiger partial charge on any atom is -0.469 e. The van der Waals surface area contributed by atoms with E-state index < -0.39 is 11.5 Å². The number of benzene rings is 1. The number of carbonyl (C=O) groups is 1. The number of esters is 1. The van der Waals surface area contributed by atoms with Crippen LogP contribution in [-0.2, 0) is 9.53 Å². The molecule has 106 valence electrons. The average Bonchev–Trinajstić information content (AvgIpc) is 3.11. The Balaban J connectivity index is 2.02. The normalized spacial score (nSPS) is 22.5. The number of cyclic esters (lactones) is 1. The molecule has 1 aliphatic heterocycles. The van der Waals surface area contributed by atoms with Gasteiger partial charge in [-0.05, 0) is 31.2 Å². The van der Waals surface area contributed by atoms with Gasteiger partial charge >= 0.3 is 5.97 Å². The Morgan fingerprint density at radius 3 is 2.62 bits per heavy atom. The zero-order valence-corrected chi connectivity index (χ0v) is 11.7. The van der Waals surface area contributed by atoms with Crippen molar-refractivity contribution >= 4 is 11.9 Å². The van der Waals surface area contributed by atoms with E-state index >= 15 is 0 Å². The van der Waals surface area contributed by atoms with Gasteiger partial charge < -0.3 is 9.15 Å². The van der Waals surface area contributed by atoms with Crippen molar-refractivity contribution in [3.8, 4) is 0 Å². The molecule has 21 heavy (non-hydrogen) atoms. The Hall–Kier alpha value is -2.62. The molecule has 1 aromatic carbocycles. The number of ether oxygens (including phenoxy) is 1. The van der Waals surface area contributed by atoms with Crippen molar-refractivity contribution in [2.75, 3.05) is 0 Å². The second kappa shape index (κ2) is 5.05. The highest BCUT2D eigenvalue weighted by atomic mass is 16.6. The maximum Gasteiger partial charge on any atom is 0.341 e. The van der Waals surface area contributed by atoms with Crippen molar-refractivity contribution in [3.05, 3.63) is 72.7 Å². The Bertz CT molecular complexity index is 688. The average molecular weight is 281 g/mol. The summed E-state index contributed by atoms with van der Waals surface area (Å²) in [7, 11) is 0. The van der Waals surface area contributed by atoms with E-state index in [9.17, 15) is 4.79 Å². The molecule has 0 saturated carbocycles. The fraction of sp³-hybridized carbons (Fsp3) is 0.176. The molecule has 4 nitrogen and oxygen atoms in total. The SMILES string of the molecule is C=C[C@@H](c1ccco1)[C@@]1(C)N=C(c2ccccc2)OC1=O. The van der Waals surface area contributed by atoms with Gasteiger partial charge in [-0.2, -0.15) is 0 Å². The smallest absolute Gasteiger partial charge is 0.341 e. The quantitative estimate of drug-likeness (QED) is 0.638.